The van der Waals surface area contributed by atoms with Gasteiger partial charge in [0.05, 0.1) is 44.2 Å². The molecule has 1 aliphatic heterocycles. The molecule has 1 atom stereocenters. The van der Waals surface area contributed by atoms with Gasteiger partial charge in [-0.05, 0) is 81.3 Å². The Labute approximate surface area is 228 Å². The Balaban J connectivity index is 1.95. The number of carbonyl (C=O) groups is 2. The van der Waals surface area contributed by atoms with Crippen LogP contribution in [0.4, 0.5) is 5.69 Å². The Morgan fingerprint density at radius 2 is 1.62 bits per heavy atom. The number of aryl methyl sites for hydroxylation is 1. The van der Waals surface area contributed by atoms with Crippen LogP contribution in [0, 0.1) is 6.92 Å². The standard InChI is InChI=1S/C31H33NO7/c1-7-38-26-17-20(12-15-25(26)37-6)28-27(29(33)21-13-14-23(19(4)16-21)39-18(2)3)30(34)31(35)32(28)22-10-8-9-11-24(22)36-5/h8-18,28,33H,7H2,1-6H3/b29-27-. The number of amides is 1. The van der Waals surface area contributed by atoms with Crippen molar-refractivity contribution in [2.45, 2.75) is 39.8 Å². The first-order valence-corrected chi connectivity index (χ1v) is 12.7. The van der Waals surface area contributed by atoms with Crippen LogP contribution in [0.5, 0.6) is 23.0 Å². The fourth-order valence-corrected chi connectivity index (χ4v) is 4.70. The molecule has 1 aliphatic rings. The van der Waals surface area contributed by atoms with E-state index in [0.29, 0.717) is 46.4 Å². The highest BCUT2D eigenvalue weighted by Gasteiger charge is 2.48. The summed E-state index contributed by atoms with van der Waals surface area (Å²) < 4.78 is 22.6. The zero-order valence-electron chi connectivity index (χ0n) is 23.0. The van der Waals surface area contributed by atoms with Crippen molar-refractivity contribution in [3.63, 3.8) is 0 Å². The van der Waals surface area contributed by atoms with E-state index in [1.165, 1.54) is 19.1 Å². The van der Waals surface area contributed by atoms with Crippen LogP contribution in [-0.4, -0.2) is 43.7 Å². The van der Waals surface area contributed by atoms with Gasteiger partial charge in [-0.2, -0.15) is 0 Å². The lowest BCUT2D eigenvalue weighted by molar-refractivity contribution is -0.132. The van der Waals surface area contributed by atoms with E-state index in [-0.39, 0.29) is 17.4 Å². The lowest BCUT2D eigenvalue weighted by Gasteiger charge is -2.27. The van der Waals surface area contributed by atoms with E-state index in [0.717, 1.165) is 5.56 Å². The second kappa shape index (κ2) is 11.5. The summed E-state index contributed by atoms with van der Waals surface area (Å²) in [6, 6.07) is 16.3. The van der Waals surface area contributed by atoms with Crippen LogP contribution in [0.3, 0.4) is 0 Å². The van der Waals surface area contributed by atoms with E-state index in [1.54, 1.807) is 60.7 Å². The smallest absolute Gasteiger partial charge is 0.300 e. The minimum atomic E-state index is -0.960. The summed E-state index contributed by atoms with van der Waals surface area (Å²) in [5.74, 6) is 0.163. The number of hydrogen-bond donors (Lipinski definition) is 1. The van der Waals surface area contributed by atoms with Gasteiger partial charge in [0.1, 0.15) is 17.3 Å². The number of rotatable bonds is 9. The summed E-state index contributed by atoms with van der Waals surface area (Å²) in [5, 5.41) is 11.6. The second-order valence-corrected chi connectivity index (χ2v) is 9.33. The van der Waals surface area contributed by atoms with E-state index < -0.39 is 17.7 Å². The average Bonchev–Trinajstić information content (AvgIpc) is 3.19. The first-order chi connectivity index (χ1) is 18.7. The highest BCUT2D eigenvalue weighted by Crippen LogP contribution is 2.46. The number of para-hydroxylation sites is 2. The predicted molar refractivity (Wildman–Crippen MR) is 149 cm³/mol. The summed E-state index contributed by atoms with van der Waals surface area (Å²) >= 11 is 0. The van der Waals surface area contributed by atoms with Crippen molar-refractivity contribution in [1.29, 1.82) is 0 Å². The molecule has 1 saturated heterocycles. The van der Waals surface area contributed by atoms with Gasteiger partial charge in [-0.25, -0.2) is 0 Å². The lowest BCUT2D eigenvalue weighted by atomic mass is 9.94. The molecule has 0 spiro atoms. The SMILES string of the molecule is CCOc1cc(C2/C(=C(/O)c3ccc(OC(C)C)c(C)c3)C(=O)C(=O)N2c2ccccc2OC)ccc1OC. The summed E-state index contributed by atoms with van der Waals surface area (Å²) in [6.45, 7) is 7.95. The van der Waals surface area contributed by atoms with Gasteiger partial charge >= 0.3 is 0 Å². The molecule has 0 bridgehead atoms. The van der Waals surface area contributed by atoms with Gasteiger partial charge < -0.3 is 24.1 Å². The van der Waals surface area contributed by atoms with Crippen molar-refractivity contribution < 1.29 is 33.6 Å². The molecule has 8 nitrogen and oxygen atoms in total. The number of Topliss-reactive ketones (excluding diaryl/α,β-unsaturated/α-hetero) is 1. The Morgan fingerprint density at radius 3 is 2.26 bits per heavy atom. The maximum Gasteiger partial charge on any atom is 0.300 e. The van der Waals surface area contributed by atoms with Crippen LogP contribution in [0.25, 0.3) is 5.76 Å². The summed E-state index contributed by atoms with van der Waals surface area (Å²) in [6.07, 6.45) is -0.0241. The number of hydrogen-bond acceptors (Lipinski definition) is 7. The van der Waals surface area contributed by atoms with Crippen LogP contribution in [0.2, 0.25) is 0 Å². The Bertz CT molecular complexity index is 1430. The Hall–Kier alpha value is -4.46. The first-order valence-electron chi connectivity index (χ1n) is 12.7. The quantitative estimate of drug-likeness (QED) is 0.211. The second-order valence-electron chi connectivity index (χ2n) is 9.33. The van der Waals surface area contributed by atoms with Gasteiger partial charge in [0.15, 0.2) is 11.5 Å². The number of ketones is 1. The van der Waals surface area contributed by atoms with Crippen molar-refractivity contribution in [1.82, 2.24) is 0 Å². The Kier molecular flexibility index (Phi) is 8.14. The molecule has 0 aromatic heterocycles. The number of aliphatic hydroxyl groups excluding tert-OH is 1. The number of carbonyl (C=O) groups excluding carboxylic acids is 2. The number of aliphatic hydroxyl groups is 1. The van der Waals surface area contributed by atoms with E-state index in [2.05, 4.69) is 0 Å². The first kappa shape index (κ1) is 27.6. The molecule has 0 radical (unpaired) electrons. The van der Waals surface area contributed by atoms with Gasteiger partial charge in [-0.1, -0.05) is 18.2 Å². The molecule has 1 fully saturated rings. The van der Waals surface area contributed by atoms with E-state index >= 15 is 0 Å². The van der Waals surface area contributed by atoms with Crippen LogP contribution in [0.1, 0.15) is 43.5 Å². The van der Waals surface area contributed by atoms with Crippen molar-refractivity contribution in [3.05, 3.63) is 82.9 Å². The molecule has 1 amide bonds. The highest BCUT2D eigenvalue weighted by atomic mass is 16.5. The summed E-state index contributed by atoms with van der Waals surface area (Å²) in [5.41, 5.74) is 2.09. The zero-order valence-corrected chi connectivity index (χ0v) is 23.0. The van der Waals surface area contributed by atoms with Gasteiger partial charge in [-0.3, -0.25) is 14.5 Å². The molecule has 3 aromatic carbocycles. The normalized spacial score (nSPS) is 16.5. The van der Waals surface area contributed by atoms with Crippen molar-refractivity contribution in [2.75, 3.05) is 25.7 Å². The van der Waals surface area contributed by atoms with E-state index in [4.69, 9.17) is 18.9 Å². The maximum absolute atomic E-state index is 13.6. The molecule has 1 N–H and O–H groups in total. The molecule has 1 unspecified atom stereocenters. The zero-order chi connectivity index (χ0) is 28.3. The topological polar surface area (TPSA) is 94.5 Å². The number of methoxy groups -OCH3 is 2. The van der Waals surface area contributed by atoms with Crippen LogP contribution in [0.15, 0.2) is 66.2 Å². The lowest BCUT2D eigenvalue weighted by Crippen LogP contribution is -2.29. The fourth-order valence-electron chi connectivity index (χ4n) is 4.70. The Morgan fingerprint density at radius 1 is 0.923 bits per heavy atom. The fraction of sp³-hybridized carbons (Fsp3) is 0.290. The van der Waals surface area contributed by atoms with Gasteiger partial charge in [0, 0.05) is 5.56 Å². The molecule has 4 rings (SSSR count). The van der Waals surface area contributed by atoms with Crippen LogP contribution in [-0.2, 0) is 9.59 Å². The van der Waals surface area contributed by atoms with Gasteiger partial charge in [-0.15, -0.1) is 0 Å². The highest BCUT2D eigenvalue weighted by molar-refractivity contribution is 6.52. The van der Waals surface area contributed by atoms with E-state index in [9.17, 15) is 14.7 Å². The maximum atomic E-state index is 13.6. The summed E-state index contributed by atoms with van der Waals surface area (Å²) in [4.78, 5) is 28.5. The van der Waals surface area contributed by atoms with E-state index in [1.807, 2.05) is 27.7 Å². The van der Waals surface area contributed by atoms with Crippen molar-refractivity contribution >= 4 is 23.1 Å². The van der Waals surface area contributed by atoms with Crippen molar-refractivity contribution in [3.8, 4) is 23.0 Å². The molecule has 8 heteroatoms. The average molecular weight is 532 g/mol. The molecule has 39 heavy (non-hydrogen) atoms. The monoisotopic (exact) mass is 531 g/mol. The molecular weight excluding hydrogens is 498 g/mol. The number of nitrogens with zero attached hydrogens (tertiary/aromatic N) is 1. The third-order valence-corrected chi connectivity index (χ3v) is 6.40. The third-order valence-electron chi connectivity index (χ3n) is 6.40. The number of benzene rings is 3. The molecule has 1 heterocycles. The summed E-state index contributed by atoms with van der Waals surface area (Å²) in [7, 11) is 3.03. The number of anilines is 1. The van der Waals surface area contributed by atoms with Crippen molar-refractivity contribution in [2.24, 2.45) is 0 Å². The molecule has 0 aliphatic carbocycles. The van der Waals surface area contributed by atoms with Gasteiger partial charge in [0.2, 0.25) is 0 Å². The minimum absolute atomic E-state index is 0.0241. The molecule has 3 aromatic rings. The van der Waals surface area contributed by atoms with Crippen LogP contribution < -0.4 is 23.8 Å². The third kappa shape index (κ3) is 5.27. The minimum Gasteiger partial charge on any atom is -0.507 e. The molecule has 204 valence electrons. The largest absolute Gasteiger partial charge is 0.507 e. The van der Waals surface area contributed by atoms with Gasteiger partial charge in [0.25, 0.3) is 11.7 Å². The molecule has 0 saturated carbocycles. The molecular formula is C31H33NO7. The predicted octanol–water partition coefficient (Wildman–Crippen LogP) is 5.82. The van der Waals surface area contributed by atoms with Crippen LogP contribution >= 0.6 is 0 Å². The number of ether oxygens (including phenoxy) is 4.